The topological polar surface area (TPSA) is 162 Å². The zero-order valence-electron chi connectivity index (χ0n) is 24.5. The smallest absolute Gasteiger partial charge is 0.338 e. The fourth-order valence-electron chi connectivity index (χ4n) is 5.26. The Morgan fingerprint density at radius 2 is 1.28 bits per heavy atom. The van der Waals surface area contributed by atoms with E-state index in [2.05, 4.69) is 9.97 Å². The molecule has 0 spiro atoms. The van der Waals surface area contributed by atoms with Crippen molar-refractivity contribution in [1.29, 1.82) is 0 Å². The number of rotatable bonds is 8. The molecule has 1 saturated heterocycles. The number of hydrogen-bond donors (Lipinski definition) is 1. The molecule has 1 fully saturated rings. The molecule has 46 heavy (non-hydrogen) atoms. The van der Waals surface area contributed by atoms with Crippen LogP contribution in [0.25, 0.3) is 11.0 Å². The highest BCUT2D eigenvalue weighted by atomic mass is 16.7. The zero-order valence-corrected chi connectivity index (χ0v) is 24.5. The predicted octanol–water partition coefficient (Wildman–Crippen LogP) is 3.97. The molecule has 0 amide bonds. The minimum Gasteiger partial charge on any atom is -0.456 e. The number of carbonyl (C=O) groups is 3. The second kappa shape index (κ2) is 13.0. The summed E-state index contributed by atoms with van der Waals surface area (Å²) in [5.74, 6) is -2.15. The van der Waals surface area contributed by atoms with Crippen molar-refractivity contribution in [3.63, 3.8) is 0 Å². The fourth-order valence-corrected chi connectivity index (χ4v) is 5.26. The van der Waals surface area contributed by atoms with E-state index in [9.17, 15) is 19.2 Å². The van der Waals surface area contributed by atoms with Crippen LogP contribution >= 0.6 is 0 Å². The van der Waals surface area contributed by atoms with Gasteiger partial charge in [-0.15, -0.1) is 0 Å². The maximum Gasteiger partial charge on any atom is 0.338 e. The molecule has 232 valence electrons. The molecular weight excluding hydrogens is 592 g/mol. The molecule has 3 aromatic carbocycles. The number of esters is 3. The normalized spacial score (nSPS) is 19.7. The van der Waals surface area contributed by atoms with Crippen molar-refractivity contribution in [2.45, 2.75) is 37.6 Å². The second-order valence-electron chi connectivity index (χ2n) is 10.5. The Kier molecular flexibility index (Phi) is 8.53. The lowest BCUT2D eigenvalue weighted by molar-refractivity contribution is -0.0869. The highest BCUT2D eigenvalue weighted by Gasteiger charge is 2.53. The maximum atomic E-state index is 13.5. The second-order valence-corrected chi connectivity index (χ2v) is 10.5. The molecule has 1 aliphatic rings. The van der Waals surface area contributed by atoms with Gasteiger partial charge in [0.05, 0.1) is 16.7 Å². The van der Waals surface area contributed by atoms with Gasteiger partial charge in [0.1, 0.15) is 29.7 Å². The highest BCUT2D eigenvalue weighted by molar-refractivity contribution is 5.91. The van der Waals surface area contributed by atoms with Gasteiger partial charge < -0.3 is 29.2 Å². The molecule has 1 aliphatic heterocycles. The molecule has 6 rings (SSSR count). The molecule has 5 aromatic rings. The van der Waals surface area contributed by atoms with Crippen molar-refractivity contribution in [3.05, 3.63) is 136 Å². The number of fused-ring (bicyclic) bond motifs is 1. The van der Waals surface area contributed by atoms with Gasteiger partial charge in [0.25, 0.3) is 0 Å². The highest BCUT2D eigenvalue weighted by Crippen LogP contribution is 2.38. The molecule has 0 unspecified atom stereocenters. The zero-order chi connectivity index (χ0) is 32.2. The van der Waals surface area contributed by atoms with Crippen LogP contribution in [-0.2, 0) is 18.9 Å². The van der Waals surface area contributed by atoms with Gasteiger partial charge in [-0.1, -0.05) is 54.6 Å². The summed E-state index contributed by atoms with van der Waals surface area (Å²) in [7, 11) is 0. The number of anilines is 1. The molecule has 2 aromatic heterocycles. The minimum absolute atomic E-state index is 0.0200. The molecule has 3 heterocycles. The van der Waals surface area contributed by atoms with Crippen LogP contribution < -0.4 is 11.2 Å². The Balaban J connectivity index is 1.44. The van der Waals surface area contributed by atoms with E-state index in [0.717, 1.165) is 0 Å². The van der Waals surface area contributed by atoms with Crippen molar-refractivity contribution in [3.8, 4) is 0 Å². The van der Waals surface area contributed by atoms with E-state index in [1.165, 1.54) is 23.2 Å². The molecule has 0 bridgehead atoms. The number of hydrogen-bond acceptors (Lipinski definition) is 11. The van der Waals surface area contributed by atoms with Crippen LogP contribution in [0.3, 0.4) is 0 Å². The standard InChI is InChI=1S/C34H28N4O8/c1-20(43-32(40)21-11-5-2-6-12-21)26-27(45-33(41)22-13-7-3-8-14-22)28(46-34(42)23-15-9-4-10-16-23)31(44-26)38-18-17-24(39)25-29(35)36-19-37-30(25)38/h2-20,26-28,31H,1H3,(H2,35,36,37)/t20-,26-,27-,28-,31-/m1/s1. The van der Waals surface area contributed by atoms with Gasteiger partial charge in [0, 0.05) is 12.3 Å². The van der Waals surface area contributed by atoms with Gasteiger partial charge >= 0.3 is 17.9 Å². The molecule has 5 atom stereocenters. The van der Waals surface area contributed by atoms with E-state index < -0.39 is 54.0 Å². The molecule has 2 N–H and O–H groups in total. The van der Waals surface area contributed by atoms with Crippen LogP contribution in [0.1, 0.15) is 44.2 Å². The Bertz CT molecular complexity index is 1940. The Hall–Kier alpha value is -5.88. The van der Waals surface area contributed by atoms with E-state index in [1.807, 2.05) is 0 Å². The first kappa shape index (κ1) is 30.2. The van der Waals surface area contributed by atoms with E-state index in [1.54, 1.807) is 97.9 Å². The first-order valence-electron chi connectivity index (χ1n) is 14.4. The van der Waals surface area contributed by atoms with Crippen LogP contribution in [-0.4, -0.2) is 56.9 Å². The lowest BCUT2D eigenvalue weighted by Crippen LogP contribution is -2.44. The summed E-state index contributed by atoms with van der Waals surface area (Å²) in [6.45, 7) is 1.58. The van der Waals surface area contributed by atoms with Gasteiger partial charge in [0.2, 0.25) is 0 Å². The molecule has 0 saturated carbocycles. The van der Waals surface area contributed by atoms with Gasteiger partial charge in [0.15, 0.2) is 29.5 Å². The van der Waals surface area contributed by atoms with E-state index in [-0.39, 0.29) is 28.0 Å². The minimum atomic E-state index is -1.31. The van der Waals surface area contributed by atoms with E-state index >= 15 is 0 Å². The Morgan fingerprint density at radius 3 is 1.85 bits per heavy atom. The molecular formula is C34H28N4O8. The third-order valence-corrected chi connectivity index (χ3v) is 7.50. The van der Waals surface area contributed by atoms with Gasteiger partial charge in [-0.3, -0.25) is 4.79 Å². The number of aromatic nitrogens is 3. The summed E-state index contributed by atoms with van der Waals surface area (Å²) < 4.78 is 25.7. The number of carbonyl (C=O) groups excluding carboxylic acids is 3. The number of nitrogens with two attached hydrogens (primary N) is 1. The largest absolute Gasteiger partial charge is 0.456 e. The predicted molar refractivity (Wildman–Crippen MR) is 165 cm³/mol. The first-order chi connectivity index (χ1) is 22.3. The summed E-state index contributed by atoms with van der Waals surface area (Å²) in [5, 5.41) is 0.0200. The molecule has 0 radical (unpaired) electrons. The summed E-state index contributed by atoms with van der Waals surface area (Å²) in [4.78, 5) is 61.0. The van der Waals surface area contributed by atoms with E-state index in [0.29, 0.717) is 5.56 Å². The Morgan fingerprint density at radius 1 is 0.761 bits per heavy atom. The Labute approximate surface area is 262 Å². The first-order valence-corrected chi connectivity index (χ1v) is 14.4. The van der Waals surface area contributed by atoms with Crippen LogP contribution in [0, 0.1) is 0 Å². The van der Waals surface area contributed by atoms with Crippen LogP contribution in [0.2, 0.25) is 0 Å². The van der Waals surface area contributed by atoms with Gasteiger partial charge in [-0.05, 0) is 43.3 Å². The monoisotopic (exact) mass is 620 g/mol. The number of pyridine rings is 1. The van der Waals surface area contributed by atoms with Crippen molar-refractivity contribution in [2.24, 2.45) is 0 Å². The quantitative estimate of drug-likeness (QED) is 0.197. The lowest BCUT2D eigenvalue weighted by Gasteiger charge is -2.27. The van der Waals surface area contributed by atoms with Crippen molar-refractivity contribution in [1.82, 2.24) is 14.5 Å². The summed E-state index contributed by atoms with van der Waals surface area (Å²) in [5.41, 5.74) is 6.47. The lowest BCUT2D eigenvalue weighted by atomic mass is 10.0. The SMILES string of the molecule is C[C@@H](OC(=O)c1ccccc1)[C@H]1O[C@@H](n2ccc(=O)c3c(N)ncnc32)[C@H](OC(=O)c2ccccc2)[C@@H]1OC(=O)c1ccccc1. The van der Waals surface area contributed by atoms with Crippen LogP contribution in [0.15, 0.2) is 114 Å². The average molecular weight is 621 g/mol. The van der Waals surface area contributed by atoms with Crippen molar-refractivity contribution >= 4 is 34.8 Å². The van der Waals surface area contributed by atoms with Gasteiger partial charge in [-0.2, -0.15) is 0 Å². The number of ether oxygens (including phenoxy) is 4. The van der Waals surface area contributed by atoms with Crippen molar-refractivity contribution in [2.75, 3.05) is 5.73 Å². The van der Waals surface area contributed by atoms with Crippen LogP contribution in [0.5, 0.6) is 0 Å². The van der Waals surface area contributed by atoms with Crippen molar-refractivity contribution < 1.29 is 33.3 Å². The fraction of sp³-hybridized carbons (Fsp3) is 0.176. The molecule has 12 nitrogen and oxygen atoms in total. The third kappa shape index (κ3) is 6.06. The van der Waals surface area contributed by atoms with E-state index in [4.69, 9.17) is 24.7 Å². The van der Waals surface area contributed by atoms with Gasteiger partial charge in [-0.25, -0.2) is 24.4 Å². The summed E-state index contributed by atoms with van der Waals surface area (Å²) in [6, 6.07) is 26.1. The third-order valence-electron chi connectivity index (χ3n) is 7.50. The number of nitrogens with zero attached hydrogens (tertiary/aromatic N) is 3. The molecule has 0 aliphatic carbocycles. The maximum absolute atomic E-state index is 13.5. The van der Waals surface area contributed by atoms with Crippen LogP contribution in [0.4, 0.5) is 5.82 Å². The number of benzene rings is 3. The average Bonchev–Trinajstić information content (AvgIpc) is 3.43. The molecule has 12 heteroatoms. The number of nitrogen functional groups attached to an aromatic ring is 1. The summed E-state index contributed by atoms with van der Waals surface area (Å²) >= 11 is 0. The summed E-state index contributed by atoms with van der Waals surface area (Å²) in [6.07, 6.45) is -3.40.